The molecule has 2 atom stereocenters. The van der Waals surface area contributed by atoms with Gasteiger partial charge in [0, 0.05) is 46.6 Å². The summed E-state index contributed by atoms with van der Waals surface area (Å²) in [5.74, 6) is 3.45. The summed E-state index contributed by atoms with van der Waals surface area (Å²) in [4.78, 5) is 8.39. The minimum atomic E-state index is -0.716. The van der Waals surface area contributed by atoms with Crippen LogP contribution in [0.4, 0.5) is 13.2 Å². The molecule has 0 fully saturated rings. The number of nitrogens with two attached hydrogens (primary N) is 2. The number of hydrogen-bond donors (Lipinski definition) is 2. The number of methoxy groups -OCH3 is 1. The van der Waals surface area contributed by atoms with Gasteiger partial charge in [0.25, 0.3) is 0 Å². The second-order valence-corrected chi connectivity index (χ2v) is 11.5. The third-order valence-corrected chi connectivity index (χ3v) is 8.43. The SMILES string of the molecule is COC1CC(C(C)(C)c2cnc(SCc3c(F)cc(C#CCN=C(N)N)cc3F)n2C2C=CC(F)=CC2)=CC=C1Cl. The van der Waals surface area contributed by atoms with E-state index in [4.69, 9.17) is 27.8 Å². The highest BCUT2D eigenvalue weighted by molar-refractivity contribution is 7.98. The van der Waals surface area contributed by atoms with E-state index in [0.29, 0.717) is 23.0 Å². The Hall–Kier alpha value is -3.39. The zero-order valence-electron chi connectivity index (χ0n) is 22.9. The normalized spacial score (nSPS) is 18.7. The third-order valence-electron chi connectivity index (χ3n) is 7.07. The van der Waals surface area contributed by atoms with Gasteiger partial charge < -0.3 is 20.8 Å². The number of ether oxygens (including phenoxy) is 1. The van der Waals surface area contributed by atoms with Crippen molar-refractivity contribution in [1.82, 2.24) is 9.55 Å². The first-order valence-electron chi connectivity index (χ1n) is 12.9. The van der Waals surface area contributed by atoms with Gasteiger partial charge in [-0.2, -0.15) is 0 Å². The van der Waals surface area contributed by atoms with E-state index in [0.717, 1.165) is 11.3 Å². The monoisotopic (exact) mass is 601 g/mol. The van der Waals surface area contributed by atoms with Gasteiger partial charge >= 0.3 is 0 Å². The van der Waals surface area contributed by atoms with Crippen molar-refractivity contribution < 1.29 is 17.9 Å². The minimum absolute atomic E-state index is 0.0102. The van der Waals surface area contributed by atoms with Crippen LogP contribution in [0.3, 0.4) is 0 Å². The van der Waals surface area contributed by atoms with Gasteiger partial charge in [0.15, 0.2) is 11.1 Å². The van der Waals surface area contributed by atoms with Crippen LogP contribution >= 0.6 is 23.4 Å². The molecule has 0 aliphatic heterocycles. The molecular weight excluding hydrogens is 571 g/mol. The molecule has 41 heavy (non-hydrogen) atoms. The Balaban J connectivity index is 1.64. The number of aromatic nitrogens is 2. The van der Waals surface area contributed by atoms with Crippen LogP contribution in [0.1, 0.15) is 49.6 Å². The minimum Gasteiger partial charge on any atom is -0.376 e. The highest BCUT2D eigenvalue weighted by Gasteiger charge is 2.35. The average Bonchev–Trinajstić information content (AvgIpc) is 3.36. The number of aliphatic imine (C=N–C) groups is 1. The van der Waals surface area contributed by atoms with Crippen LogP contribution < -0.4 is 11.5 Å². The summed E-state index contributed by atoms with van der Waals surface area (Å²) in [6, 6.07) is 2.13. The molecule has 0 bridgehead atoms. The molecule has 1 heterocycles. The molecule has 2 unspecified atom stereocenters. The van der Waals surface area contributed by atoms with Crippen molar-refractivity contribution in [2.24, 2.45) is 16.5 Å². The first-order chi connectivity index (χ1) is 19.5. The molecule has 0 saturated heterocycles. The Labute approximate surface area is 247 Å². The molecule has 0 amide bonds. The molecule has 6 nitrogen and oxygen atoms in total. The van der Waals surface area contributed by atoms with Crippen molar-refractivity contribution >= 4 is 29.3 Å². The number of nitrogens with zero attached hydrogens (tertiary/aromatic N) is 3. The maximum absolute atomic E-state index is 15.0. The van der Waals surface area contributed by atoms with E-state index >= 15 is 0 Å². The van der Waals surface area contributed by atoms with Crippen molar-refractivity contribution in [1.29, 1.82) is 0 Å². The van der Waals surface area contributed by atoms with Gasteiger partial charge in [0.2, 0.25) is 0 Å². The molecule has 2 aromatic rings. The lowest BCUT2D eigenvalue weighted by atomic mass is 9.76. The summed E-state index contributed by atoms with van der Waals surface area (Å²) >= 11 is 7.54. The van der Waals surface area contributed by atoms with Gasteiger partial charge in [-0.05, 0) is 36.8 Å². The second kappa shape index (κ2) is 13.1. The average molecular weight is 602 g/mol. The maximum atomic E-state index is 15.0. The molecular formula is C30H31ClF3N5OS. The molecule has 4 rings (SSSR count). The molecule has 2 aliphatic carbocycles. The molecule has 216 valence electrons. The van der Waals surface area contributed by atoms with Crippen molar-refractivity contribution in [3.05, 3.63) is 93.6 Å². The zero-order valence-corrected chi connectivity index (χ0v) is 24.5. The number of imidazole rings is 1. The van der Waals surface area contributed by atoms with Gasteiger partial charge in [0.1, 0.15) is 24.0 Å². The molecule has 1 aromatic carbocycles. The quantitative estimate of drug-likeness (QED) is 0.163. The van der Waals surface area contributed by atoms with Crippen LogP contribution in [0.15, 0.2) is 75.3 Å². The number of halogens is 4. The molecule has 0 saturated carbocycles. The summed E-state index contributed by atoms with van der Waals surface area (Å²) in [6.45, 7) is 4.18. The maximum Gasteiger partial charge on any atom is 0.186 e. The van der Waals surface area contributed by atoms with E-state index in [2.05, 4.69) is 35.7 Å². The van der Waals surface area contributed by atoms with Crippen molar-refractivity contribution in [2.45, 2.75) is 55.2 Å². The third kappa shape index (κ3) is 7.10. The van der Waals surface area contributed by atoms with E-state index < -0.39 is 17.0 Å². The highest BCUT2D eigenvalue weighted by atomic mass is 35.5. The summed E-state index contributed by atoms with van der Waals surface area (Å²) in [5, 5.41) is 1.19. The Morgan fingerprint density at radius 3 is 2.61 bits per heavy atom. The van der Waals surface area contributed by atoms with Gasteiger partial charge in [0.05, 0.1) is 18.3 Å². The number of rotatable bonds is 8. The Morgan fingerprint density at radius 2 is 1.98 bits per heavy atom. The Bertz CT molecular complexity index is 1500. The van der Waals surface area contributed by atoms with E-state index in [-0.39, 0.29) is 47.4 Å². The van der Waals surface area contributed by atoms with Crippen molar-refractivity contribution in [3.8, 4) is 11.8 Å². The lowest BCUT2D eigenvalue weighted by Gasteiger charge is -2.34. The lowest BCUT2D eigenvalue weighted by molar-refractivity contribution is 0.133. The fourth-order valence-corrected chi connectivity index (χ4v) is 5.99. The van der Waals surface area contributed by atoms with Gasteiger partial charge in [-0.1, -0.05) is 66.8 Å². The topological polar surface area (TPSA) is 91.4 Å². The molecule has 0 spiro atoms. The standard InChI is InChI=1S/C30H31ClF3N5OS/c1-30(2,19-6-11-23(31)26(15-19)40-3)27-16-38-29(39(27)21-9-7-20(32)8-10-21)41-17-22-24(33)13-18(14-25(22)34)5-4-12-37-28(35)36/h6-9,11,13-14,16,21,26H,10,12,15,17H2,1-3H3,(H4,35,36,37). The van der Waals surface area contributed by atoms with E-state index in [1.54, 1.807) is 19.4 Å². The predicted molar refractivity (Wildman–Crippen MR) is 158 cm³/mol. The van der Waals surface area contributed by atoms with Crippen LogP contribution in [0.5, 0.6) is 0 Å². The highest BCUT2D eigenvalue weighted by Crippen LogP contribution is 2.42. The van der Waals surface area contributed by atoms with Crippen LogP contribution in [-0.2, 0) is 15.9 Å². The Kier molecular flexibility index (Phi) is 9.74. The van der Waals surface area contributed by atoms with Crippen LogP contribution in [0.2, 0.25) is 0 Å². The van der Waals surface area contributed by atoms with E-state index in [1.807, 2.05) is 16.7 Å². The van der Waals surface area contributed by atoms with Crippen molar-refractivity contribution in [3.63, 3.8) is 0 Å². The van der Waals surface area contributed by atoms with Crippen molar-refractivity contribution in [2.75, 3.05) is 13.7 Å². The number of hydrogen-bond acceptors (Lipinski definition) is 4. The predicted octanol–water partition coefficient (Wildman–Crippen LogP) is 6.18. The number of thioether (sulfide) groups is 1. The lowest BCUT2D eigenvalue weighted by Crippen LogP contribution is -2.30. The molecule has 0 radical (unpaired) electrons. The molecule has 2 aliphatic rings. The fraction of sp³-hybridized carbons (Fsp3) is 0.333. The number of benzene rings is 1. The second-order valence-electron chi connectivity index (χ2n) is 10.1. The van der Waals surface area contributed by atoms with Gasteiger partial charge in [-0.25, -0.2) is 23.1 Å². The zero-order chi connectivity index (χ0) is 29.7. The number of allylic oxidation sites excluding steroid dienone is 6. The van der Waals surface area contributed by atoms with Crippen LogP contribution in [-0.4, -0.2) is 35.3 Å². The first-order valence-corrected chi connectivity index (χ1v) is 14.2. The van der Waals surface area contributed by atoms with E-state index in [1.165, 1.54) is 36.0 Å². The summed E-state index contributed by atoms with van der Waals surface area (Å²) in [6.07, 6.45) is 11.1. The number of guanidine groups is 1. The largest absolute Gasteiger partial charge is 0.376 e. The molecule has 11 heteroatoms. The fourth-order valence-electron chi connectivity index (χ4n) is 4.71. The summed E-state index contributed by atoms with van der Waals surface area (Å²) in [7, 11) is 1.62. The van der Waals surface area contributed by atoms with Crippen LogP contribution in [0, 0.1) is 23.5 Å². The Morgan fingerprint density at radius 1 is 1.24 bits per heavy atom. The molecule has 4 N–H and O–H groups in total. The van der Waals surface area contributed by atoms with Gasteiger partial charge in [-0.3, -0.25) is 0 Å². The van der Waals surface area contributed by atoms with Crippen LogP contribution in [0.25, 0.3) is 0 Å². The van der Waals surface area contributed by atoms with E-state index in [9.17, 15) is 13.2 Å². The first kappa shape index (κ1) is 30.6. The summed E-state index contributed by atoms with van der Waals surface area (Å²) < 4.78 is 51.4. The van der Waals surface area contributed by atoms with Gasteiger partial charge in [-0.15, -0.1) is 0 Å². The molecule has 1 aromatic heterocycles. The smallest absolute Gasteiger partial charge is 0.186 e. The summed E-state index contributed by atoms with van der Waals surface area (Å²) in [5.41, 5.74) is 12.1.